The molecule has 4 nitrogen and oxygen atoms in total. The highest BCUT2D eigenvalue weighted by Gasteiger charge is 2.33. The first-order valence-corrected chi connectivity index (χ1v) is 6.34. The van der Waals surface area contributed by atoms with Gasteiger partial charge in [-0.2, -0.15) is 0 Å². The summed E-state index contributed by atoms with van der Waals surface area (Å²) in [4.78, 5) is 16.7. The summed E-state index contributed by atoms with van der Waals surface area (Å²) < 4.78 is 4.94. The number of carbonyl (C=O) groups is 1. The smallest absolute Gasteiger partial charge is 0.358 e. The lowest BCUT2D eigenvalue weighted by atomic mass is 10.4. The van der Waals surface area contributed by atoms with Gasteiger partial charge < -0.3 is 10.1 Å². The molecule has 0 spiro atoms. The van der Waals surface area contributed by atoms with Gasteiger partial charge in [0.25, 0.3) is 0 Å². The molecule has 1 aromatic heterocycles. The van der Waals surface area contributed by atoms with Gasteiger partial charge in [0, 0.05) is 10.9 Å². The fourth-order valence-electron chi connectivity index (χ4n) is 1.53. The van der Waals surface area contributed by atoms with Crippen LogP contribution in [0.4, 0.5) is 5.13 Å². The Morgan fingerprint density at radius 2 is 2.38 bits per heavy atom. The number of ether oxygens (including phenoxy) is 1. The quantitative estimate of drug-likeness (QED) is 0.821. The summed E-state index contributed by atoms with van der Waals surface area (Å²) in [7, 11) is 0. The number of esters is 1. The van der Waals surface area contributed by atoms with Crippen LogP contribution in [-0.2, 0) is 4.74 Å². The van der Waals surface area contributed by atoms with E-state index in [1.54, 1.807) is 6.92 Å². The molecule has 0 radical (unpaired) electrons. The first kappa shape index (κ1) is 11.4. The number of carbonyl (C=O) groups excluding carboxylic acids is 1. The monoisotopic (exact) mass is 240 g/mol. The van der Waals surface area contributed by atoms with Gasteiger partial charge in [-0.05, 0) is 26.2 Å². The van der Waals surface area contributed by atoms with Gasteiger partial charge in [-0.15, -0.1) is 11.3 Å². The predicted octanol–water partition coefficient (Wildman–Crippen LogP) is 2.45. The van der Waals surface area contributed by atoms with E-state index >= 15 is 0 Å². The molecule has 1 aliphatic rings. The molecule has 0 aromatic carbocycles. The summed E-state index contributed by atoms with van der Waals surface area (Å²) in [6.07, 6.45) is 1.19. The second-order valence-corrected chi connectivity index (χ2v) is 5.31. The number of aryl methyl sites for hydroxylation is 1. The minimum absolute atomic E-state index is 0.326. The van der Waals surface area contributed by atoms with Crippen LogP contribution in [0.2, 0.25) is 0 Å². The molecular formula is C11H16N2O2S. The first-order chi connectivity index (χ1) is 7.61. The Bertz CT molecular complexity index is 403. The number of hydrogen-bond acceptors (Lipinski definition) is 5. The van der Waals surface area contributed by atoms with Crippen molar-refractivity contribution in [2.45, 2.75) is 33.2 Å². The van der Waals surface area contributed by atoms with E-state index in [2.05, 4.69) is 17.2 Å². The lowest BCUT2D eigenvalue weighted by Crippen LogP contribution is -2.07. The molecule has 1 aromatic rings. The summed E-state index contributed by atoms with van der Waals surface area (Å²) >= 11 is 1.52. The lowest BCUT2D eigenvalue weighted by molar-refractivity contribution is 0.0519. The van der Waals surface area contributed by atoms with E-state index in [9.17, 15) is 4.79 Å². The van der Waals surface area contributed by atoms with Crippen molar-refractivity contribution < 1.29 is 9.53 Å². The van der Waals surface area contributed by atoms with Gasteiger partial charge in [-0.3, -0.25) is 0 Å². The van der Waals surface area contributed by atoms with Crippen LogP contribution >= 0.6 is 11.3 Å². The summed E-state index contributed by atoms with van der Waals surface area (Å²) in [6.45, 7) is 6.28. The molecule has 0 aliphatic heterocycles. The third-order valence-electron chi connectivity index (χ3n) is 2.68. The first-order valence-electron chi connectivity index (χ1n) is 5.53. The molecule has 5 heteroatoms. The van der Waals surface area contributed by atoms with Crippen molar-refractivity contribution in [3.63, 3.8) is 0 Å². The van der Waals surface area contributed by atoms with Crippen molar-refractivity contribution in [3.05, 3.63) is 10.6 Å². The van der Waals surface area contributed by atoms with E-state index in [4.69, 9.17) is 4.74 Å². The zero-order valence-electron chi connectivity index (χ0n) is 9.74. The number of rotatable bonds is 4. The molecule has 2 unspecified atom stereocenters. The molecule has 1 N–H and O–H groups in total. The molecule has 0 saturated heterocycles. The minimum Gasteiger partial charge on any atom is -0.461 e. The Morgan fingerprint density at radius 1 is 1.69 bits per heavy atom. The molecule has 1 saturated carbocycles. The highest BCUT2D eigenvalue weighted by atomic mass is 32.1. The number of nitrogens with zero attached hydrogens (tertiary/aromatic N) is 1. The maximum absolute atomic E-state index is 11.5. The summed E-state index contributed by atoms with van der Waals surface area (Å²) in [5, 5.41) is 4.15. The molecular weight excluding hydrogens is 224 g/mol. The van der Waals surface area contributed by atoms with Crippen LogP contribution in [0.25, 0.3) is 0 Å². The van der Waals surface area contributed by atoms with Crippen molar-refractivity contribution in [2.24, 2.45) is 5.92 Å². The van der Waals surface area contributed by atoms with Crippen molar-refractivity contribution in [3.8, 4) is 0 Å². The van der Waals surface area contributed by atoms with Crippen LogP contribution in [0.1, 0.15) is 35.6 Å². The maximum Gasteiger partial charge on any atom is 0.358 e. The number of hydrogen-bond donors (Lipinski definition) is 1. The molecule has 88 valence electrons. The Kier molecular flexibility index (Phi) is 3.14. The number of nitrogens with one attached hydrogen (secondary N) is 1. The van der Waals surface area contributed by atoms with Crippen LogP contribution in [0, 0.1) is 12.8 Å². The van der Waals surface area contributed by atoms with Crippen LogP contribution < -0.4 is 5.32 Å². The number of thiazole rings is 1. The number of aromatic nitrogens is 1. The third kappa shape index (κ3) is 2.35. The van der Waals surface area contributed by atoms with Crippen LogP contribution in [0.15, 0.2) is 0 Å². The van der Waals surface area contributed by atoms with Gasteiger partial charge in [0.2, 0.25) is 0 Å². The topological polar surface area (TPSA) is 51.2 Å². The second kappa shape index (κ2) is 4.41. The predicted molar refractivity (Wildman–Crippen MR) is 64.0 cm³/mol. The Morgan fingerprint density at radius 3 is 2.94 bits per heavy atom. The van der Waals surface area contributed by atoms with Crippen molar-refractivity contribution in [1.29, 1.82) is 0 Å². The van der Waals surface area contributed by atoms with E-state index in [0.717, 1.165) is 15.9 Å². The van der Waals surface area contributed by atoms with Gasteiger partial charge in [-0.1, -0.05) is 6.92 Å². The van der Waals surface area contributed by atoms with Crippen LogP contribution in [-0.4, -0.2) is 23.6 Å². The van der Waals surface area contributed by atoms with Gasteiger partial charge in [0.1, 0.15) is 0 Å². The Labute approximate surface area is 99.0 Å². The lowest BCUT2D eigenvalue weighted by Gasteiger charge is -1.99. The SMILES string of the molecule is CCOC(=O)c1nc(NC2CC2C)sc1C. The zero-order valence-corrected chi connectivity index (χ0v) is 10.6. The van der Waals surface area contributed by atoms with Gasteiger partial charge in [-0.25, -0.2) is 9.78 Å². The maximum atomic E-state index is 11.5. The van der Waals surface area contributed by atoms with E-state index in [1.165, 1.54) is 17.8 Å². The fraction of sp³-hybridized carbons (Fsp3) is 0.636. The third-order valence-corrected chi connectivity index (χ3v) is 3.59. The molecule has 1 heterocycles. The molecule has 16 heavy (non-hydrogen) atoms. The highest BCUT2D eigenvalue weighted by Crippen LogP contribution is 2.34. The van der Waals surface area contributed by atoms with Gasteiger partial charge in [0.05, 0.1) is 6.61 Å². The average molecular weight is 240 g/mol. The van der Waals surface area contributed by atoms with Crippen molar-refractivity contribution in [1.82, 2.24) is 4.98 Å². The highest BCUT2D eigenvalue weighted by molar-refractivity contribution is 7.15. The normalized spacial score (nSPS) is 22.9. The van der Waals surface area contributed by atoms with Gasteiger partial charge in [0.15, 0.2) is 10.8 Å². The Hall–Kier alpha value is -1.10. The van der Waals surface area contributed by atoms with Crippen molar-refractivity contribution in [2.75, 3.05) is 11.9 Å². The standard InChI is InChI=1S/C11H16N2O2S/c1-4-15-10(14)9-7(3)16-11(13-9)12-8-5-6(8)2/h6,8H,4-5H2,1-3H3,(H,12,13). The van der Waals surface area contributed by atoms with Crippen LogP contribution in [0.5, 0.6) is 0 Å². The molecule has 0 bridgehead atoms. The second-order valence-electron chi connectivity index (χ2n) is 4.11. The van der Waals surface area contributed by atoms with E-state index in [0.29, 0.717) is 18.3 Å². The van der Waals surface area contributed by atoms with E-state index in [-0.39, 0.29) is 5.97 Å². The summed E-state index contributed by atoms with van der Waals surface area (Å²) in [6, 6.07) is 0.528. The minimum atomic E-state index is -0.326. The average Bonchev–Trinajstić information content (AvgIpc) is 2.75. The van der Waals surface area contributed by atoms with Crippen molar-refractivity contribution >= 4 is 22.4 Å². The number of anilines is 1. The molecule has 2 rings (SSSR count). The van der Waals surface area contributed by atoms with Gasteiger partial charge >= 0.3 is 5.97 Å². The summed E-state index contributed by atoms with van der Waals surface area (Å²) in [5.41, 5.74) is 0.447. The Balaban J connectivity index is 2.06. The molecule has 1 fully saturated rings. The molecule has 1 aliphatic carbocycles. The van der Waals surface area contributed by atoms with Crippen LogP contribution in [0.3, 0.4) is 0 Å². The summed E-state index contributed by atoms with van der Waals surface area (Å²) in [5.74, 6) is 0.392. The molecule has 2 atom stereocenters. The molecule has 0 amide bonds. The largest absolute Gasteiger partial charge is 0.461 e. The zero-order chi connectivity index (χ0) is 11.7. The van der Waals surface area contributed by atoms with E-state index in [1.807, 2.05) is 6.92 Å². The fourth-order valence-corrected chi connectivity index (χ4v) is 2.39. The van der Waals surface area contributed by atoms with E-state index < -0.39 is 0 Å².